The lowest BCUT2D eigenvalue weighted by Gasteiger charge is -2.10. The second kappa shape index (κ2) is 8.55. The topological polar surface area (TPSA) is 9.23 Å². The van der Waals surface area contributed by atoms with Gasteiger partial charge in [0.2, 0.25) is 0 Å². The van der Waals surface area contributed by atoms with Gasteiger partial charge in [-0.15, -0.1) is 0 Å². The molecule has 0 bridgehead atoms. The van der Waals surface area contributed by atoms with Crippen LogP contribution in [0.1, 0.15) is 52.9 Å². The third kappa shape index (κ3) is 9.88. The number of unbranched alkanes of at least 4 members (excludes halogenated alkanes) is 1. The lowest BCUT2D eigenvalue weighted by molar-refractivity contribution is 0.177. The minimum absolute atomic E-state index is 0.840. The summed E-state index contributed by atoms with van der Waals surface area (Å²) in [6.45, 7) is 7.85. The minimum atomic E-state index is 0.840. The quantitative estimate of drug-likeness (QED) is 0.523. The zero-order valence-electron chi connectivity index (χ0n) is 9.81. The molecule has 80 valence electrons. The Labute approximate surface area is 83.9 Å². The summed E-state index contributed by atoms with van der Waals surface area (Å²) < 4.78 is 5.06. The molecule has 0 aromatic heterocycles. The van der Waals surface area contributed by atoms with Crippen LogP contribution < -0.4 is 0 Å². The van der Waals surface area contributed by atoms with Gasteiger partial charge in [0.15, 0.2) is 0 Å². The van der Waals surface area contributed by atoms with Gasteiger partial charge < -0.3 is 4.74 Å². The third-order valence-electron chi connectivity index (χ3n) is 2.54. The van der Waals surface area contributed by atoms with Crippen molar-refractivity contribution in [2.45, 2.75) is 52.9 Å². The highest BCUT2D eigenvalue weighted by Gasteiger charge is 2.01. The largest absolute Gasteiger partial charge is 0.385 e. The van der Waals surface area contributed by atoms with Crippen LogP contribution >= 0.6 is 0 Å². The summed E-state index contributed by atoms with van der Waals surface area (Å²) >= 11 is 0. The molecular weight excluding hydrogens is 160 g/mol. The summed E-state index contributed by atoms with van der Waals surface area (Å²) in [6, 6.07) is 0. The maximum absolute atomic E-state index is 5.06. The van der Waals surface area contributed by atoms with Crippen LogP contribution in [-0.2, 0) is 4.74 Å². The van der Waals surface area contributed by atoms with Crippen LogP contribution in [0.3, 0.4) is 0 Å². The monoisotopic (exact) mass is 186 g/mol. The molecule has 1 unspecified atom stereocenters. The van der Waals surface area contributed by atoms with E-state index in [2.05, 4.69) is 20.8 Å². The minimum Gasteiger partial charge on any atom is -0.385 e. The normalized spacial score (nSPS) is 13.6. The molecular formula is C12H26O. The predicted molar refractivity (Wildman–Crippen MR) is 59.0 cm³/mol. The highest BCUT2D eigenvalue weighted by molar-refractivity contribution is 4.54. The van der Waals surface area contributed by atoms with Gasteiger partial charge in [0.25, 0.3) is 0 Å². The van der Waals surface area contributed by atoms with Gasteiger partial charge in [-0.2, -0.15) is 0 Å². The zero-order chi connectivity index (χ0) is 10.1. The van der Waals surface area contributed by atoms with Gasteiger partial charge in [0.1, 0.15) is 0 Å². The molecule has 0 radical (unpaired) electrons. The van der Waals surface area contributed by atoms with Crippen LogP contribution in [0.15, 0.2) is 0 Å². The molecule has 0 saturated heterocycles. The SMILES string of the molecule is COCCC(C)CCCCC(C)C. The van der Waals surface area contributed by atoms with E-state index in [-0.39, 0.29) is 0 Å². The molecule has 0 heterocycles. The van der Waals surface area contributed by atoms with Crippen LogP contribution in [0.4, 0.5) is 0 Å². The van der Waals surface area contributed by atoms with Crippen molar-refractivity contribution in [3.8, 4) is 0 Å². The Bertz CT molecular complexity index is 99.3. The van der Waals surface area contributed by atoms with Crippen molar-refractivity contribution in [1.82, 2.24) is 0 Å². The van der Waals surface area contributed by atoms with Crippen LogP contribution in [0, 0.1) is 11.8 Å². The molecule has 1 atom stereocenters. The van der Waals surface area contributed by atoms with E-state index in [0.717, 1.165) is 18.4 Å². The molecule has 0 aliphatic heterocycles. The molecule has 0 rings (SSSR count). The fraction of sp³-hybridized carbons (Fsp3) is 1.00. The first kappa shape index (κ1) is 13.0. The Balaban J connectivity index is 3.12. The molecule has 0 aromatic carbocycles. The summed E-state index contributed by atoms with van der Waals surface area (Å²) in [5.41, 5.74) is 0. The molecule has 0 N–H and O–H groups in total. The maximum atomic E-state index is 5.06. The summed E-state index contributed by atoms with van der Waals surface area (Å²) in [5, 5.41) is 0. The molecule has 0 aliphatic rings. The lowest BCUT2D eigenvalue weighted by Crippen LogP contribution is -2.00. The zero-order valence-corrected chi connectivity index (χ0v) is 9.81. The second-order valence-corrected chi connectivity index (χ2v) is 4.56. The van der Waals surface area contributed by atoms with Gasteiger partial charge >= 0.3 is 0 Å². The Kier molecular flexibility index (Phi) is 8.53. The van der Waals surface area contributed by atoms with Crippen molar-refractivity contribution < 1.29 is 4.74 Å². The smallest absolute Gasteiger partial charge is 0.0464 e. The predicted octanol–water partition coefficient (Wildman–Crippen LogP) is 3.88. The van der Waals surface area contributed by atoms with Gasteiger partial charge in [-0.25, -0.2) is 0 Å². The van der Waals surface area contributed by atoms with E-state index in [4.69, 9.17) is 4.74 Å². The van der Waals surface area contributed by atoms with Crippen LogP contribution in [0.5, 0.6) is 0 Å². The van der Waals surface area contributed by atoms with E-state index >= 15 is 0 Å². The number of ether oxygens (including phenoxy) is 1. The molecule has 13 heavy (non-hydrogen) atoms. The standard InChI is InChI=1S/C12H26O/c1-11(2)7-5-6-8-12(3)9-10-13-4/h11-12H,5-10H2,1-4H3. The van der Waals surface area contributed by atoms with Crippen molar-refractivity contribution in [1.29, 1.82) is 0 Å². The number of hydrogen-bond acceptors (Lipinski definition) is 1. The fourth-order valence-electron chi connectivity index (χ4n) is 1.51. The van der Waals surface area contributed by atoms with Crippen molar-refractivity contribution in [3.63, 3.8) is 0 Å². The summed E-state index contributed by atoms with van der Waals surface area (Å²) in [4.78, 5) is 0. The van der Waals surface area contributed by atoms with E-state index in [0.29, 0.717) is 0 Å². The molecule has 0 fully saturated rings. The number of methoxy groups -OCH3 is 1. The van der Waals surface area contributed by atoms with Crippen LogP contribution in [-0.4, -0.2) is 13.7 Å². The van der Waals surface area contributed by atoms with Gasteiger partial charge in [-0.1, -0.05) is 46.5 Å². The molecule has 0 aliphatic carbocycles. The average molecular weight is 186 g/mol. The lowest BCUT2D eigenvalue weighted by atomic mass is 9.98. The first-order chi connectivity index (χ1) is 6.16. The Hall–Kier alpha value is -0.0400. The third-order valence-corrected chi connectivity index (χ3v) is 2.54. The molecule has 0 saturated carbocycles. The molecule has 1 nitrogen and oxygen atoms in total. The molecule has 0 spiro atoms. The van der Waals surface area contributed by atoms with Crippen LogP contribution in [0.2, 0.25) is 0 Å². The highest BCUT2D eigenvalue weighted by atomic mass is 16.5. The summed E-state index contributed by atoms with van der Waals surface area (Å²) in [7, 11) is 1.78. The van der Waals surface area contributed by atoms with Crippen LogP contribution in [0.25, 0.3) is 0 Å². The van der Waals surface area contributed by atoms with Gasteiger partial charge in [-0.3, -0.25) is 0 Å². The van der Waals surface area contributed by atoms with Crippen molar-refractivity contribution in [2.75, 3.05) is 13.7 Å². The Morgan fingerprint density at radius 3 is 2.08 bits per heavy atom. The number of rotatable bonds is 8. The van der Waals surface area contributed by atoms with E-state index < -0.39 is 0 Å². The van der Waals surface area contributed by atoms with Crippen molar-refractivity contribution in [2.24, 2.45) is 11.8 Å². The molecule has 1 heteroatoms. The summed E-state index contributed by atoms with van der Waals surface area (Å²) in [6.07, 6.45) is 6.77. The first-order valence-electron chi connectivity index (χ1n) is 5.65. The maximum Gasteiger partial charge on any atom is 0.0464 e. The fourth-order valence-corrected chi connectivity index (χ4v) is 1.51. The van der Waals surface area contributed by atoms with Crippen molar-refractivity contribution >= 4 is 0 Å². The van der Waals surface area contributed by atoms with Gasteiger partial charge in [0, 0.05) is 13.7 Å². The van der Waals surface area contributed by atoms with E-state index in [9.17, 15) is 0 Å². The highest BCUT2D eigenvalue weighted by Crippen LogP contribution is 2.15. The van der Waals surface area contributed by atoms with Gasteiger partial charge in [-0.05, 0) is 18.3 Å². The molecule has 0 aromatic rings. The van der Waals surface area contributed by atoms with E-state index in [1.807, 2.05) is 0 Å². The second-order valence-electron chi connectivity index (χ2n) is 4.56. The first-order valence-corrected chi connectivity index (χ1v) is 5.65. The Morgan fingerprint density at radius 2 is 1.54 bits per heavy atom. The Morgan fingerprint density at radius 1 is 0.923 bits per heavy atom. The average Bonchev–Trinajstić information content (AvgIpc) is 2.08. The van der Waals surface area contributed by atoms with E-state index in [1.165, 1.54) is 32.1 Å². The van der Waals surface area contributed by atoms with E-state index in [1.54, 1.807) is 7.11 Å². The molecule has 0 amide bonds. The van der Waals surface area contributed by atoms with Gasteiger partial charge in [0.05, 0.1) is 0 Å². The van der Waals surface area contributed by atoms with Crippen molar-refractivity contribution in [3.05, 3.63) is 0 Å². The number of hydrogen-bond donors (Lipinski definition) is 0. The summed E-state index contributed by atoms with van der Waals surface area (Å²) in [5.74, 6) is 1.71.